The van der Waals surface area contributed by atoms with Gasteiger partial charge in [-0.05, 0) is 46.7 Å². The van der Waals surface area contributed by atoms with Crippen LogP contribution in [0.2, 0.25) is 0 Å². The Kier molecular flexibility index (Phi) is 4.96. The minimum atomic E-state index is -3.46. The van der Waals surface area contributed by atoms with Crippen LogP contribution in [0.1, 0.15) is 38.0 Å². The van der Waals surface area contributed by atoms with E-state index in [1.807, 2.05) is 0 Å². The molecule has 114 valence electrons. The van der Waals surface area contributed by atoms with Gasteiger partial charge in [0, 0.05) is 18.0 Å². The van der Waals surface area contributed by atoms with E-state index in [-0.39, 0.29) is 16.9 Å². The molecule has 2 rings (SSSR count). The van der Waals surface area contributed by atoms with Crippen LogP contribution in [0, 0.1) is 5.41 Å². The predicted octanol–water partition coefficient (Wildman–Crippen LogP) is 3.20. The van der Waals surface area contributed by atoms with Crippen LogP contribution in [-0.4, -0.2) is 30.9 Å². The lowest BCUT2D eigenvalue weighted by atomic mass is 9.82. The molecule has 1 saturated heterocycles. The maximum absolute atomic E-state index is 12.7. The molecule has 20 heavy (non-hydrogen) atoms. The summed E-state index contributed by atoms with van der Waals surface area (Å²) in [4.78, 5) is 0.946. The number of nitrogens with zero attached hydrogens (tertiary/aromatic N) is 1. The Bertz CT molecular complexity index is 578. The first-order valence-corrected chi connectivity index (χ1v) is 9.82. The fraction of sp³-hybridized carbons (Fsp3) is 0.692. The number of hydrogen-bond donors (Lipinski definition) is 1. The molecule has 1 aromatic heterocycles. The van der Waals surface area contributed by atoms with E-state index in [4.69, 9.17) is 5.11 Å². The normalized spacial score (nSPS) is 19.6. The van der Waals surface area contributed by atoms with Crippen molar-refractivity contribution in [1.82, 2.24) is 4.31 Å². The van der Waals surface area contributed by atoms with Crippen molar-refractivity contribution < 1.29 is 13.5 Å². The number of aliphatic hydroxyl groups is 1. The van der Waals surface area contributed by atoms with Crippen LogP contribution < -0.4 is 0 Å². The minimum Gasteiger partial charge on any atom is -0.391 e. The van der Waals surface area contributed by atoms with Crippen LogP contribution in [0.5, 0.6) is 0 Å². The number of hydrogen-bond acceptors (Lipinski definition) is 4. The van der Waals surface area contributed by atoms with E-state index in [1.54, 1.807) is 10.4 Å². The van der Waals surface area contributed by atoms with E-state index in [0.29, 0.717) is 21.8 Å². The van der Waals surface area contributed by atoms with Crippen LogP contribution >= 0.6 is 27.3 Å². The van der Waals surface area contributed by atoms with E-state index in [9.17, 15) is 8.42 Å². The average Bonchev–Trinajstić information content (AvgIpc) is 3.03. The highest BCUT2D eigenvalue weighted by atomic mass is 79.9. The summed E-state index contributed by atoms with van der Waals surface area (Å²) >= 11 is 4.58. The summed E-state index contributed by atoms with van der Waals surface area (Å²) in [5.41, 5.74) is 0.120. The number of thiophene rings is 1. The first kappa shape index (κ1) is 16.4. The quantitative estimate of drug-likeness (QED) is 0.851. The largest absolute Gasteiger partial charge is 0.391 e. The molecular formula is C13H20BrNO3S2. The van der Waals surface area contributed by atoms with Crippen molar-refractivity contribution in [1.29, 1.82) is 0 Å². The molecule has 0 saturated carbocycles. The second-order valence-corrected chi connectivity index (χ2v) is 9.67. The Balaban J connectivity index is 2.30. The van der Waals surface area contributed by atoms with Gasteiger partial charge >= 0.3 is 0 Å². The highest BCUT2D eigenvalue weighted by molar-refractivity contribution is 9.11. The highest BCUT2D eigenvalue weighted by Gasteiger charge is 2.41. The first-order valence-electron chi connectivity index (χ1n) is 6.78. The monoisotopic (exact) mass is 381 g/mol. The molecule has 1 fully saturated rings. The van der Waals surface area contributed by atoms with E-state index >= 15 is 0 Å². The molecule has 4 nitrogen and oxygen atoms in total. The van der Waals surface area contributed by atoms with Crippen LogP contribution in [0.3, 0.4) is 0 Å². The van der Waals surface area contributed by atoms with Crippen LogP contribution in [-0.2, 0) is 16.6 Å². The lowest BCUT2D eigenvalue weighted by molar-refractivity contribution is 0.279. The number of aliphatic hydroxyl groups excluding tert-OH is 1. The Labute approximate surface area is 133 Å². The van der Waals surface area contributed by atoms with Crippen molar-refractivity contribution in [2.75, 3.05) is 13.1 Å². The zero-order chi connectivity index (χ0) is 15.0. The molecule has 0 radical (unpaired) electrons. The zero-order valence-corrected chi connectivity index (χ0v) is 14.9. The molecule has 0 aromatic carbocycles. The lowest BCUT2D eigenvalue weighted by Crippen LogP contribution is -2.31. The maximum Gasteiger partial charge on any atom is 0.245 e. The van der Waals surface area contributed by atoms with Gasteiger partial charge < -0.3 is 5.11 Å². The molecule has 1 aliphatic heterocycles. The number of rotatable bonds is 5. The van der Waals surface area contributed by atoms with Gasteiger partial charge in [-0.15, -0.1) is 11.3 Å². The first-order chi connectivity index (χ1) is 9.38. The molecule has 2 heterocycles. The van der Waals surface area contributed by atoms with Crippen molar-refractivity contribution in [3.8, 4) is 0 Å². The van der Waals surface area contributed by atoms with Gasteiger partial charge in [0.1, 0.15) is 4.90 Å². The van der Waals surface area contributed by atoms with Gasteiger partial charge in [0.25, 0.3) is 0 Å². The summed E-state index contributed by atoms with van der Waals surface area (Å²) in [6, 6.07) is 1.57. The lowest BCUT2D eigenvalue weighted by Gasteiger charge is -2.26. The Morgan fingerprint density at radius 2 is 2.10 bits per heavy atom. The van der Waals surface area contributed by atoms with E-state index in [0.717, 1.165) is 19.3 Å². The summed E-state index contributed by atoms with van der Waals surface area (Å²) in [7, 11) is -3.46. The second kappa shape index (κ2) is 6.04. The standard InChI is InChI=1S/C13H20BrNO3S2/c1-3-13(4-2)5-6-15(9-13)20(17,18)11-7-10(8-16)19-12(11)14/h7,16H,3-6,8-9H2,1-2H3. The van der Waals surface area contributed by atoms with Crippen LogP contribution in [0.4, 0.5) is 0 Å². The third-order valence-corrected chi connectivity index (χ3v) is 8.47. The van der Waals surface area contributed by atoms with Gasteiger partial charge in [0.05, 0.1) is 10.4 Å². The van der Waals surface area contributed by atoms with E-state index in [1.165, 1.54) is 11.3 Å². The van der Waals surface area contributed by atoms with Gasteiger partial charge in [-0.3, -0.25) is 0 Å². The van der Waals surface area contributed by atoms with Crippen molar-refractivity contribution in [2.24, 2.45) is 5.41 Å². The summed E-state index contributed by atoms with van der Waals surface area (Å²) < 4.78 is 27.6. The maximum atomic E-state index is 12.7. The van der Waals surface area contributed by atoms with Crippen molar-refractivity contribution >= 4 is 37.3 Å². The van der Waals surface area contributed by atoms with Crippen molar-refractivity contribution in [3.05, 3.63) is 14.7 Å². The zero-order valence-electron chi connectivity index (χ0n) is 11.7. The van der Waals surface area contributed by atoms with Gasteiger partial charge in [-0.25, -0.2) is 8.42 Å². The molecule has 1 aromatic rings. The van der Waals surface area contributed by atoms with Crippen LogP contribution in [0.25, 0.3) is 0 Å². The number of halogens is 1. The Morgan fingerprint density at radius 3 is 2.55 bits per heavy atom. The SMILES string of the molecule is CCC1(CC)CCN(S(=O)(=O)c2cc(CO)sc2Br)C1. The molecule has 7 heteroatoms. The third-order valence-electron chi connectivity index (χ3n) is 4.38. The fourth-order valence-electron chi connectivity index (χ4n) is 2.72. The van der Waals surface area contributed by atoms with Gasteiger partial charge in [-0.2, -0.15) is 4.31 Å². The summed E-state index contributed by atoms with van der Waals surface area (Å²) in [6.45, 7) is 5.31. The Morgan fingerprint density at radius 1 is 1.45 bits per heavy atom. The van der Waals surface area contributed by atoms with Gasteiger partial charge in [0.2, 0.25) is 10.0 Å². The molecule has 1 N–H and O–H groups in total. The molecule has 0 spiro atoms. The molecule has 0 bridgehead atoms. The Hall–Kier alpha value is 0.0500. The molecule has 0 atom stereocenters. The molecule has 0 unspecified atom stereocenters. The van der Waals surface area contributed by atoms with Crippen molar-refractivity contribution in [3.63, 3.8) is 0 Å². The molecule has 0 aliphatic carbocycles. The third kappa shape index (κ3) is 2.83. The molecule has 0 amide bonds. The minimum absolute atomic E-state index is 0.120. The second-order valence-electron chi connectivity index (χ2n) is 5.30. The predicted molar refractivity (Wildman–Crippen MR) is 84.3 cm³/mol. The highest BCUT2D eigenvalue weighted by Crippen LogP contribution is 2.41. The van der Waals surface area contributed by atoms with Gasteiger partial charge in [-0.1, -0.05) is 13.8 Å². The van der Waals surface area contributed by atoms with Gasteiger partial charge in [0.15, 0.2) is 0 Å². The summed E-state index contributed by atoms with van der Waals surface area (Å²) in [6.07, 6.45) is 2.93. The molecular weight excluding hydrogens is 362 g/mol. The van der Waals surface area contributed by atoms with E-state index in [2.05, 4.69) is 29.8 Å². The molecule has 1 aliphatic rings. The van der Waals surface area contributed by atoms with Crippen molar-refractivity contribution in [2.45, 2.75) is 44.6 Å². The summed E-state index contributed by atoms with van der Waals surface area (Å²) in [5.74, 6) is 0. The summed E-state index contributed by atoms with van der Waals surface area (Å²) in [5, 5.41) is 9.15. The number of sulfonamides is 1. The smallest absolute Gasteiger partial charge is 0.245 e. The average molecular weight is 382 g/mol. The topological polar surface area (TPSA) is 57.6 Å². The van der Waals surface area contributed by atoms with E-state index < -0.39 is 10.0 Å². The van der Waals surface area contributed by atoms with Crippen LogP contribution in [0.15, 0.2) is 14.7 Å². The fourth-order valence-corrected chi connectivity index (χ4v) is 6.76.